The summed E-state index contributed by atoms with van der Waals surface area (Å²) < 4.78 is 5.66. The summed E-state index contributed by atoms with van der Waals surface area (Å²) in [5, 5.41) is 0. The molecule has 0 aliphatic heterocycles. The van der Waals surface area contributed by atoms with Crippen LogP contribution in [0.15, 0.2) is 59.6 Å². The summed E-state index contributed by atoms with van der Waals surface area (Å²) >= 11 is 0. The summed E-state index contributed by atoms with van der Waals surface area (Å²) in [7, 11) is 0. The van der Waals surface area contributed by atoms with Crippen LogP contribution in [0.4, 0.5) is 0 Å². The Morgan fingerprint density at radius 3 is 2.88 bits per heavy atom. The molecule has 1 aromatic heterocycles. The number of rotatable bonds is 3. The van der Waals surface area contributed by atoms with Crippen LogP contribution in [0.1, 0.15) is 12.8 Å². The van der Waals surface area contributed by atoms with Gasteiger partial charge in [-0.2, -0.15) is 0 Å². The third kappa shape index (κ3) is 1.96. The van der Waals surface area contributed by atoms with Crippen molar-refractivity contribution in [3.63, 3.8) is 0 Å². The first-order valence-corrected chi connectivity index (χ1v) is 5.16. The molecule has 0 aliphatic carbocycles. The molecule has 80 valence electrons. The Labute approximate surface area is 94.6 Å². The predicted octanol–water partition coefficient (Wildman–Crippen LogP) is 3.97. The highest BCUT2D eigenvalue weighted by atomic mass is 16.3. The molecule has 0 bridgehead atoms. The number of nitrogens with zero attached hydrogens (tertiary/aromatic N) is 1. The molecule has 1 heterocycles. The standard InChI is InChI=1S/C14H13NO/c1-3-7-11(8-4-2)14-15-12-9-5-6-10-13(12)16-14/h3-10H,1H2,2H3/b8-4-,11-7+. The van der Waals surface area contributed by atoms with Crippen LogP contribution in [-0.4, -0.2) is 4.98 Å². The van der Waals surface area contributed by atoms with Crippen LogP contribution in [-0.2, 0) is 0 Å². The van der Waals surface area contributed by atoms with Gasteiger partial charge in [-0.15, -0.1) is 0 Å². The van der Waals surface area contributed by atoms with Crippen LogP contribution >= 0.6 is 0 Å². The van der Waals surface area contributed by atoms with Gasteiger partial charge in [-0.1, -0.05) is 43.0 Å². The molecular weight excluding hydrogens is 198 g/mol. The zero-order chi connectivity index (χ0) is 11.4. The van der Waals surface area contributed by atoms with Crippen LogP contribution in [0, 0.1) is 0 Å². The predicted molar refractivity (Wildman–Crippen MR) is 67.0 cm³/mol. The van der Waals surface area contributed by atoms with Crippen molar-refractivity contribution in [1.82, 2.24) is 4.98 Å². The number of hydrogen-bond acceptors (Lipinski definition) is 2. The van der Waals surface area contributed by atoms with E-state index in [-0.39, 0.29) is 0 Å². The van der Waals surface area contributed by atoms with E-state index in [2.05, 4.69) is 11.6 Å². The molecule has 16 heavy (non-hydrogen) atoms. The third-order valence-electron chi connectivity index (χ3n) is 2.18. The number of para-hydroxylation sites is 2. The minimum absolute atomic E-state index is 0.624. The second-order valence-corrected chi connectivity index (χ2v) is 3.34. The average molecular weight is 211 g/mol. The number of fused-ring (bicyclic) bond motifs is 1. The highest BCUT2D eigenvalue weighted by molar-refractivity contribution is 5.78. The quantitative estimate of drug-likeness (QED) is 0.718. The van der Waals surface area contributed by atoms with Gasteiger partial charge in [0, 0.05) is 5.57 Å². The van der Waals surface area contributed by atoms with Crippen molar-refractivity contribution in [3.8, 4) is 0 Å². The van der Waals surface area contributed by atoms with Gasteiger partial charge in [-0.3, -0.25) is 0 Å². The number of oxazole rings is 1. The lowest BCUT2D eigenvalue weighted by molar-refractivity contribution is 0.586. The average Bonchev–Trinajstić information content (AvgIpc) is 2.72. The van der Waals surface area contributed by atoms with E-state index < -0.39 is 0 Å². The maximum atomic E-state index is 5.66. The lowest BCUT2D eigenvalue weighted by atomic mass is 10.2. The molecule has 2 aromatic rings. The molecule has 1 aromatic carbocycles. The second kappa shape index (κ2) is 4.62. The largest absolute Gasteiger partial charge is 0.436 e. The lowest BCUT2D eigenvalue weighted by Crippen LogP contribution is -1.79. The fraction of sp³-hybridized carbons (Fsp3) is 0.0714. The molecule has 0 atom stereocenters. The van der Waals surface area contributed by atoms with Crippen molar-refractivity contribution < 1.29 is 4.42 Å². The van der Waals surface area contributed by atoms with Gasteiger partial charge in [-0.25, -0.2) is 4.98 Å². The number of hydrogen-bond donors (Lipinski definition) is 0. The van der Waals surface area contributed by atoms with Gasteiger partial charge < -0.3 is 4.42 Å². The second-order valence-electron chi connectivity index (χ2n) is 3.34. The van der Waals surface area contributed by atoms with E-state index in [0.29, 0.717) is 5.89 Å². The highest BCUT2D eigenvalue weighted by Crippen LogP contribution is 2.21. The lowest BCUT2D eigenvalue weighted by Gasteiger charge is -1.92. The maximum absolute atomic E-state index is 5.66. The first kappa shape index (κ1) is 10.4. The van der Waals surface area contributed by atoms with Crippen molar-refractivity contribution in [3.05, 3.63) is 61.0 Å². The Morgan fingerprint density at radius 1 is 1.38 bits per heavy atom. The van der Waals surface area contributed by atoms with Crippen LogP contribution in [0.25, 0.3) is 16.7 Å². The van der Waals surface area contributed by atoms with Crippen LogP contribution < -0.4 is 0 Å². The molecule has 0 unspecified atom stereocenters. The fourth-order valence-corrected chi connectivity index (χ4v) is 1.50. The molecule has 0 aliphatic rings. The SMILES string of the molecule is C=C/C=C(\C=C/C)c1nc2ccccc2o1. The van der Waals surface area contributed by atoms with Gasteiger partial charge in [0.1, 0.15) is 5.52 Å². The summed E-state index contributed by atoms with van der Waals surface area (Å²) in [6.45, 7) is 5.64. The Balaban J connectivity index is 2.53. The van der Waals surface area contributed by atoms with Crippen LogP contribution in [0.2, 0.25) is 0 Å². The van der Waals surface area contributed by atoms with Gasteiger partial charge in [0.2, 0.25) is 5.89 Å². The van der Waals surface area contributed by atoms with E-state index in [1.165, 1.54) is 0 Å². The van der Waals surface area contributed by atoms with Crippen molar-refractivity contribution >= 4 is 16.7 Å². The molecule has 0 N–H and O–H groups in total. The van der Waals surface area contributed by atoms with Crippen LogP contribution in [0.5, 0.6) is 0 Å². The number of benzene rings is 1. The van der Waals surface area contributed by atoms with Gasteiger partial charge >= 0.3 is 0 Å². The summed E-state index contributed by atoms with van der Waals surface area (Å²) in [5.41, 5.74) is 2.60. The van der Waals surface area contributed by atoms with E-state index in [9.17, 15) is 0 Å². The fourth-order valence-electron chi connectivity index (χ4n) is 1.50. The maximum Gasteiger partial charge on any atom is 0.227 e. The van der Waals surface area contributed by atoms with Crippen molar-refractivity contribution in [2.45, 2.75) is 6.92 Å². The Kier molecular flexibility index (Phi) is 3.01. The van der Waals surface area contributed by atoms with Gasteiger partial charge in [0.05, 0.1) is 0 Å². The molecule has 0 saturated heterocycles. The molecule has 0 radical (unpaired) electrons. The minimum Gasteiger partial charge on any atom is -0.436 e. The molecular formula is C14H13NO. The van der Waals surface area contributed by atoms with Gasteiger partial charge in [-0.05, 0) is 19.1 Å². The normalized spacial score (nSPS) is 12.4. The summed E-state index contributed by atoms with van der Waals surface area (Å²) in [6, 6.07) is 7.72. The summed E-state index contributed by atoms with van der Waals surface area (Å²) in [6.07, 6.45) is 7.51. The minimum atomic E-state index is 0.624. The summed E-state index contributed by atoms with van der Waals surface area (Å²) in [4.78, 5) is 4.42. The van der Waals surface area contributed by atoms with Crippen molar-refractivity contribution in [1.29, 1.82) is 0 Å². The molecule has 2 heteroatoms. The zero-order valence-electron chi connectivity index (χ0n) is 9.18. The molecule has 0 saturated carbocycles. The molecule has 0 fully saturated rings. The van der Waals surface area contributed by atoms with E-state index in [1.54, 1.807) is 6.08 Å². The topological polar surface area (TPSA) is 26.0 Å². The third-order valence-corrected chi connectivity index (χ3v) is 2.18. The van der Waals surface area contributed by atoms with Crippen molar-refractivity contribution in [2.75, 3.05) is 0 Å². The van der Waals surface area contributed by atoms with Gasteiger partial charge in [0.25, 0.3) is 0 Å². The highest BCUT2D eigenvalue weighted by Gasteiger charge is 2.06. The van der Waals surface area contributed by atoms with E-state index >= 15 is 0 Å². The van der Waals surface area contributed by atoms with Crippen LogP contribution in [0.3, 0.4) is 0 Å². The molecule has 0 spiro atoms. The first-order chi connectivity index (χ1) is 7.85. The van der Waals surface area contributed by atoms with E-state index in [4.69, 9.17) is 4.42 Å². The Morgan fingerprint density at radius 2 is 2.19 bits per heavy atom. The van der Waals surface area contributed by atoms with Crippen molar-refractivity contribution in [2.24, 2.45) is 0 Å². The van der Waals surface area contributed by atoms with E-state index in [1.807, 2.05) is 49.4 Å². The number of aromatic nitrogens is 1. The Hall–Kier alpha value is -2.09. The number of allylic oxidation sites excluding steroid dienone is 5. The smallest absolute Gasteiger partial charge is 0.227 e. The van der Waals surface area contributed by atoms with E-state index in [0.717, 1.165) is 16.7 Å². The summed E-state index contributed by atoms with van der Waals surface area (Å²) in [5.74, 6) is 0.624. The molecule has 0 amide bonds. The van der Waals surface area contributed by atoms with Gasteiger partial charge in [0.15, 0.2) is 5.58 Å². The molecule has 2 nitrogen and oxygen atoms in total. The first-order valence-electron chi connectivity index (χ1n) is 5.16. The monoisotopic (exact) mass is 211 g/mol. The molecule has 2 rings (SSSR count). The Bertz CT molecular complexity index is 528. The zero-order valence-corrected chi connectivity index (χ0v) is 9.18.